The summed E-state index contributed by atoms with van der Waals surface area (Å²) in [5, 5.41) is 4.24. The van der Waals surface area contributed by atoms with Gasteiger partial charge in [0.15, 0.2) is 0 Å². The SMILES string of the molecule is Cc1cc(-c2cnn(C)c2)cc([C@@H]2CN(C(=O)Cn3c(C)cc(C)nc3=O)CCO2)n1. The summed E-state index contributed by atoms with van der Waals surface area (Å²) in [6.07, 6.45) is 3.43. The van der Waals surface area contributed by atoms with Gasteiger partial charge in [0.1, 0.15) is 12.6 Å². The van der Waals surface area contributed by atoms with Gasteiger partial charge in [-0.05, 0) is 44.5 Å². The number of aromatic nitrogens is 5. The van der Waals surface area contributed by atoms with E-state index in [0.717, 1.165) is 28.2 Å². The largest absolute Gasteiger partial charge is 0.368 e. The first-order chi connectivity index (χ1) is 14.8. The third-order valence-electron chi connectivity index (χ3n) is 5.40. The van der Waals surface area contributed by atoms with Gasteiger partial charge in [0.05, 0.1) is 25.0 Å². The molecule has 0 aliphatic carbocycles. The van der Waals surface area contributed by atoms with Gasteiger partial charge in [-0.15, -0.1) is 0 Å². The van der Waals surface area contributed by atoms with Crippen molar-refractivity contribution in [2.45, 2.75) is 33.4 Å². The fourth-order valence-corrected chi connectivity index (χ4v) is 3.85. The molecule has 9 heteroatoms. The van der Waals surface area contributed by atoms with Gasteiger partial charge in [0.2, 0.25) is 5.91 Å². The first-order valence-corrected chi connectivity index (χ1v) is 10.2. The average Bonchev–Trinajstić information content (AvgIpc) is 3.16. The first kappa shape index (κ1) is 20.9. The predicted octanol–water partition coefficient (Wildman–Crippen LogP) is 1.56. The molecule has 0 radical (unpaired) electrons. The lowest BCUT2D eigenvalue weighted by Gasteiger charge is -2.33. The minimum absolute atomic E-state index is 0.0349. The summed E-state index contributed by atoms with van der Waals surface area (Å²) in [5.41, 5.74) is 4.62. The van der Waals surface area contributed by atoms with E-state index < -0.39 is 5.69 Å². The van der Waals surface area contributed by atoms with E-state index in [2.05, 4.69) is 15.1 Å². The van der Waals surface area contributed by atoms with Gasteiger partial charge >= 0.3 is 5.69 Å². The van der Waals surface area contributed by atoms with Crippen molar-refractivity contribution in [2.75, 3.05) is 19.7 Å². The van der Waals surface area contributed by atoms with Crippen LogP contribution in [-0.4, -0.2) is 54.8 Å². The van der Waals surface area contributed by atoms with E-state index in [9.17, 15) is 9.59 Å². The molecule has 0 saturated carbocycles. The number of aryl methyl sites for hydroxylation is 4. The zero-order valence-electron chi connectivity index (χ0n) is 18.2. The fourth-order valence-electron chi connectivity index (χ4n) is 3.85. The van der Waals surface area contributed by atoms with Crippen LogP contribution in [0.2, 0.25) is 0 Å². The van der Waals surface area contributed by atoms with Crippen LogP contribution in [0.15, 0.2) is 35.4 Å². The molecule has 4 rings (SSSR count). The van der Waals surface area contributed by atoms with Crippen LogP contribution < -0.4 is 5.69 Å². The summed E-state index contributed by atoms with van der Waals surface area (Å²) in [7, 11) is 1.88. The number of amides is 1. The quantitative estimate of drug-likeness (QED) is 0.633. The number of ether oxygens (including phenoxy) is 1. The number of carbonyl (C=O) groups excluding carboxylic acids is 1. The Morgan fingerprint density at radius 3 is 2.61 bits per heavy atom. The predicted molar refractivity (Wildman–Crippen MR) is 114 cm³/mol. The van der Waals surface area contributed by atoms with Gasteiger partial charge in [-0.1, -0.05) is 0 Å². The molecule has 1 aliphatic rings. The van der Waals surface area contributed by atoms with Crippen molar-refractivity contribution in [3.63, 3.8) is 0 Å². The van der Waals surface area contributed by atoms with Crippen molar-refractivity contribution < 1.29 is 9.53 Å². The maximum atomic E-state index is 12.9. The molecule has 0 bridgehead atoms. The van der Waals surface area contributed by atoms with Crippen LogP contribution in [0.1, 0.15) is 28.9 Å². The molecule has 9 nitrogen and oxygen atoms in total. The third-order valence-corrected chi connectivity index (χ3v) is 5.40. The summed E-state index contributed by atoms with van der Waals surface area (Å²) in [6, 6.07) is 5.79. The highest BCUT2D eigenvalue weighted by atomic mass is 16.5. The highest BCUT2D eigenvalue weighted by Gasteiger charge is 2.27. The van der Waals surface area contributed by atoms with Crippen LogP contribution in [0, 0.1) is 20.8 Å². The second-order valence-electron chi connectivity index (χ2n) is 7.93. The number of pyridine rings is 1. The molecule has 3 aromatic rings. The number of hydrogen-bond acceptors (Lipinski definition) is 6. The Morgan fingerprint density at radius 2 is 1.90 bits per heavy atom. The summed E-state index contributed by atoms with van der Waals surface area (Å²) in [5.74, 6) is -0.135. The summed E-state index contributed by atoms with van der Waals surface area (Å²) >= 11 is 0. The molecule has 1 fully saturated rings. The van der Waals surface area contributed by atoms with E-state index >= 15 is 0 Å². The lowest BCUT2D eigenvalue weighted by Crippen LogP contribution is -2.45. The van der Waals surface area contributed by atoms with E-state index in [0.29, 0.717) is 25.4 Å². The molecular weight excluding hydrogens is 396 g/mol. The molecule has 0 unspecified atom stereocenters. The summed E-state index contributed by atoms with van der Waals surface area (Å²) in [4.78, 5) is 35.5. The monoisotopic (exact) mass is 422 g/mol. The number of carbonyl (C=O) groups is 1. The third kappa shape index (κ3) is 4.56. The van der Waals surface area contributed by atoms with E-state index in [1.807, 2.05) is 45.4 Å². The van der Waals surface area contributed by atoms with E-state index in [4.69, 9.17) is 4.74 Å². The molecule has 31 heavy (non-hydrogen) atoms. The molecule has 1 aliphatic heterocycles. The zero-order valence-corrected chi connectivity index (χ0v) is 18.2. The standard InChI is InChI=1S/C22H26N6O3/c1-14-7-16(3)28(22(30)25-14)13-21(29)27-5-6-31-20(12-27)19-9-17(8-15(2)24-19)18-10-23-26(4)11-18/h7-11,20H,5-6,12-13H2,1-4H3/t20-/m0/s1. The lowest BCUT2D eigenvalue weighted by atomic mass is 10.1. The molecule has 1 saturated heterocycles. The number of hydrogen-bond donors (Lipinski definition) is 0. The minimum Gasteiger partial charge on any atom is -0.368 e. The zero-order chi connectivity index (χ0) is 22.1. The molecule has 0 N–H and O–H groups in total. The van der Waals surface area contributed by atoms with E-state index in [1.165, 1.54) is 4.57 Å². The molecule has 1 atom stereocenters. The Morgan fingerprint density at radius 1 is 1.13 bits per heavy atom. The van der Waals surface area contributed by atoms with Crippen LogP contribution in [0.4, 0.5) is 0 Å². The molecule has 3 aromatic heterocycles. The fraction of sp³-hybridized carbons (Fsp3) is 0.409. The second-order valence-corrected chi connectivity index (χ2v) is 7.93. The number of morpholine rings is 1. The van der Waals surface area contributed by atoms with Crippen molar-refractivity contribution in [1.29, 1.82) is 0 Å². The first-order valence-electron chi connectivity index (χ1n) is 10.2. The normalized spacial score (nSPS) is 16.5. The van der Waals surface area contributed by atoms with E-state index in [-0.39, 0.29) is 18.6 Å². The topological polar surface area (TPSA) is 95.1 Å². The maximum Gasteiger partial charge on any atom is 0.348 e. The summed E-state index contributed by atoms with van der Waals surface area (Å²) in [6.45, 7) is 6.75. The van der Waals surface area contributed by atoms with Crippen molar-refractivity contribution in [3.8, 4) is 11.1 Å². The van der Waals surface area contributed by atoms with Crippen molar-refractivity contribution in [1.82, 2.24) is 29.2 Å². The van der Waals surface area contributed by atoms with Gasteiger partial charge in [0, 0.05) is 42.4 Å². The van der Waals surface area contributed by atoms with Crippen molar-refractivity contribution in [2.24, 2.45) is 7.05 Å². The molecule has 0 aromatic carbocycles. The van der Waals surface area contributed by atoms with Gasteiger partial charge in [-0.3, -0.25) is 19.0 Å². The van der Waals surface area contributed by atoms with Crippen LogP contribution in [0.25, 0.3) is 11.1 Å². The lowest BCUT2D eigenvalue weighted by molar-refractivity contribution is -0.139. The maximum absolute atomic E-state index is 12.9. The van der Waals surface area contributed by atoms with Crippen molar-refractivity contribution >= 4 is 5.91 Å². The van der Waals surface area contributed by atoms with Crippen molar-refractivity contribution in [3.05, 3.63) is 63.9 Å². The van der Waals surface area contributed by atoms with Crippen LogP contribution in [-0.2, 0) is 23.1 Å². The molecule has 162 valence electrons. The van der Waals surface area contributed by atoms with Gasteiger partial charge in [0.25, 0.3) is 0 Å². The number of nitrogens with zero attached hydrogens (tertiary/aromatic N) is 6. The molecule has 1 amide bonds. The van der Waals surface area contributed by atoms with Gasteiger partial charge in [-0.2, -0.15) is 10.1 Å². The van der Waals surface area contributed by atoms with Crippen LogP contribution in [0.3, 0.4) is 0 Å². The molecular formula is C22H26N6O3. The Balaban J connectivity index is 1.53. The Hall–Kier alpha value is -3.33. The van der Waals surface area contributed by atoms with Crippen LogP contribution >= 0.6 is 0 Å². The number of rotatable bonds is 4. The second kappa shape index (κ2) is 8.43. The Bertz CT molecular complexity index is 1180. The Kier molecular flexibility index (Phi) is 5.69. The highest BCUT2D eigenvalue weighted by molar-refractivity contribution is 5.76. The Labute approximate surface area is 180 Å². The highest BCUT2D eigenvalue weighted by Crippen LogP contribution is 2.26. The average molecular weight is 422 g/mol. The molecule has 0 spiro atoms. The smallest absolute Gasteiger partial charge is 0.348 e. The minimum atomic E-state index is -0.405. The summed E-state index contributed by atoms with van der Waals surface area (Å²) < 4.78 is 9.11. The van der Waals surface area contributed by atoms with Gasteiger partial charge in [-0.25, -0.2) is 4.79 Å². The van der Waals surface area contributed by atoms with Gasteiger partial charge < -0.3 is 9.64 Å². The van der Waals surface area contributed by atoms with Crippen LogP contribution in [0.5, 0.6) is 0 Å². The van der Waals surface area contributed by atoms with E-state index in [1.54, 1.807) is 22.6 Å². The molecule has 4 heterocycles.